The van der Waals surface area contributed by atoms with Crippen LogP contribution in [0.15, 0.2) is 78.9 Å². The molecule has 1 amide bonds. The standard InChI is InChI=1S/C24H20IN3O3/c25-14-22(29)26-21-13-7-5-11-18(21)24-23(17-10-4-6-12-20(17)27-24)19(15-28(30)31)16-8-2-1-3-9-16/h1-13,19,27H,14-15H2,(H,26,29). The largest absolute Gasteiger partial charge is 0.354 e. The highest BCUT2D eigenvalue weighted by Crippen LogP contribution is 2.41. The van der Waals surface area contributed by atoms with E-state index in [9.17, 15) is 14.9 Å². The van der Waals surface area contributed by atoms with Gasteiger partial charge in [-0.15, -0.1) is 0 Å². The third kappa shape index (κ3) is 4.46. The molecule has 3 aromatic carbocycles. The van der Waals surface area contributed by atoms with Gasteiger partial charge in [-0.3, -0.25) is 14.9 Å². The number of aromatic nitrogens is 1. The molecule has 31 heavy (non-hydrogen) atoms. The Labute approximate surface area is 193 Å². The molecule has 4 rings (SSSR count). The second kappa shape index (κ2) is 9.30. The summed E-state index contributed by atoms with van der Waals surface area (Å²) in [6, 6.07) is 24.9. The average molecular weight is 525 g/mol. The SMILES string of the molecule is O=C(CI)Nc1ccccc1-c1[nH]c2ccccc2c1C(C[N+](=O)[O-])c1ccccc1. The smallest absolute Gasteiger partial charge is 0.234 e. The fourth-order valence-corrected chi connectivity index (χ4v) is 4.12. The van der Waals surface area contributed by atoms with Gasteiger partial charge in [-0.05, 0) is 23.3 Å². The molecule has 1 atom stereocenters. The molecule has 156 valence electrons. The van der Waals surface area contributed by atoms with Gasteiger partial charge >= 0.3 is 0 Å². The lowest BCUT2D eigenvalue weighted by Gasteiger charge is -2.17. The van der Waals surface area contributed by atoms with E-state index in [0.29, 0.717) is 10.1 Å². The first-order valence-corrected chi connectivity index (χ1v) is 11.3. The molecular weight excluding hydrogens is 505 g/mol. The molecular formula is C24H20IN3O3. The minimum Gasteiger partial charge on any atom is -0.354 e. The third-order valence-corrected chi connectivity index (χ3v) is 5.91. The zero-order valence-electron chi connectivity index (χ0n) is 16.5. The molecule has 0 saturated carbocycles. The molecule has 4 aromatic rings. The van der Waals surface area contributed by atoms with Gasteiger partial charge < -0.3 is 10.3 Å². The number of nitrogens with one attached hydrogen (secondary N) is 2. The predicted molar refractivity (Wildman–Crippen MR) is 131 cm³/mol. The van der Waals surface area contributed by atoms with Crippen molar-refractivity contribution in [2.45, 2.75) is 5.92 Å². The van der Waals surface area contributed by atoms with Gasteiger partial charge in [0.25, 0.3) is 0 Å². The number of anilines is 1. The van der Waals surface area contributed by atoms with Gasteiger partial charge in [0.05, 0.1) is 21.7 Å². The van der Waals surface area contributed by atoms with Gasteiger partial charge in [0.15, 0.2) is 0 Å². The summed E-state index contributed by atoms with van der Waals surface area (Å²) in [6.07, 6.45) is 0. The number of para-hydroxylation sites is 2. The minimum absolute atomic E-state index is 0.101. The summed E-state index contributed by atoms with van der Waals surface area (Å²) in [5, 5.41) is 15.5. The summed E-state index contributed by atoms with van der Waals surface area (Å²) in [5.41, 5.74) is 4.88. The number of carbonyl (C=O) groups excluding carboxylic acids is 1. The lowest BCUT2D eigenvalue weighted by molar-refractivity contribution is -0.481. The number of nitro groups is 1. The monoisotopic (exact) mass is 525 g/mol. The number of amides is 1. The Kier molecular flexibility index (Phi) is 6.31. The van der Waals surface area contributed by atoms with Crippen molar-refractivity contribution in [1.29, 1.82) is 0 Å². The van der Waals surface area contributed by atoms with Crippen LogP contribution in [0.5, 0.6) is 0 Å². The van der Waals surface area contributed by atoms with E-state index in [1.165, 1.54) is 0 Å². The van der Waals surface area contributed by atoms with Crippen LogP contribution in [0.1, 0.15) is 17.0 Å². The van der Waals surface area contributed by atoms with Crippen molar-refractivity contribution >= 4 is 45.1 Å². The predicted octanol–water partition coefficient (Wildman–Crippen LogP) is 5.62. The molecule has 7 heteroatoms. The lowest BCUT2D eigenvalue weighted by atomic mass is 9.87. The number of nitrogens with zero attached hydrogens (tertiary/aromatic N) is 1. The van der Waals surface area contributed by atoms with Gasteiger partial charge in [0.2, 0.25) is 12.5 Å². The molecule has 0 radical (unpaired) electrons. The fraction of sp³-hybridized carbons (Fsp3) is 0.125. The number of halogens is 1. The second-order valence-corrected chi connectivity index (χ2v) is 7.93. The summed E-state index contributed by atoms with van der Waals surface area (Å²) in [5.74, 6) is -0.550. The van der Waals surface area contributed by atoms with Crippen LogP contribution < -0.4 is 5.32 Å². The maximum Gasteiger partial charge on any atom is 0.234 e. The number of H-pyrrole nitrogens is 1. The maximum atomic E-state index is 12.1. The molecule has 6 nitrogen and oxygen atoms in total. The van der Waals surface area contributed by atoms with Crippen molar-refractivity contribution < 1.29 is 9.72 Å². The second-order valence-electron chi connectivity index (χ2n) is 7.17. The molecule has 0 saturated heterocycles. The van der Waals surface area contributed by atoms with Gasteiger partial charge in [-0.25, -0.2) is 0 Å². The zero-order chi connectivity index (χ0) is 21.8. The zero-order valence-corrected chi connectivity index (χ0v) is 18.7. The highest BCUT2D eigenvalue weighted by atomic mass is 127. The number of hydrogen-bond acceptors (Lipinski definition) is 3. The van der Waals surface area contributed by atoms with E-state index in [0.717, 1.165) is 33.3 Å². The number of aromatic amines is 1. The van der Waals surface area contributed by atoms with E-state index >= 15 is 0 Å². The number of benzene rings is 3. The summed E-state index contributed by atoms with van der Waals surface area (Å²) in [4.78, 5) is 26.9. The lowest BCUT2D eigenvalue weighted by Crippen LogP contribution is -2.15. The van der Waals surface area contributed by atoms with Crippen molar-refractivity contribution in [2.75, 3.05) is 16.3 Å². The molecule has 2 N–H and O–H groups in total. The van der Waals surface area contributed by atoms with Crippen molar-refractivity contribution in [3.63, 3.8) is 0 Å². The molecule has 0 aliphatic carbocycles. The highest BCUT2D eigenvalue weighted by Gasteiger charge is 2.28. The van der Waals surface area contributed by atoms with Crippen LogP contribution in [0, 0.1) is 10.1 Å². The van der Waals surface area contributed by atoms with Gasteiger partial charge in [-0.2, -0.15) is 0 Å². The van der Waals surface area contributed by atoms with Crippen molar-refractivity contribution in [2.24, 2.45) is 0 Å². The number of carbonyl (C=O) groups is 1. The normalized spacial score (nSPS) is 11.9. The Morgan fingerprint density at radius 2 is 1.68 bits per heavy atom. The summed E-state index contributed by atoms with van der Waals surface area (Å²) < 4.78 is 0.333. The molecule has 1 unspecified atom stereocenters. The van der Waals surface area contributed by atoms with E-state index in [1.807, 2.05) is 101 Å². The van der Waals surface area contributed by atoms with Crippen LogP contribution in [0.4, 0.5) is 5.69 Å². The summed E-state index contributed by atoms with van der Waals surface area (Å²) in [6.45, 7) is -0.235. The summed E-state index contributed by atoms with van der Waals surface area (Å²) in [7, 11) is 0. The third-order valence-electron chi connectivity index (χ3n) is 5.22. The van der Waals surface area contributed by atoms with Crippen LogP contribution in [-0.2, 0) is 4.79 Å². The van der Waals surface area contributed by atoms with Crippen LogP contribution in [0.25, 0.3) is 22.2 Å². The van der Waals surface area contributed by atoms with E-state index in [4.69, 9.17) is 0 Å². The minimum atomic E-state index is -0.448. The number of fused-ring (bicyclic) bond motifs is 1. The first-order valence-electron chi connectivity index (χ1n) is 9.81. The quantitative estimate of drug-likeness (QED) is 0.142. The Balaban J connectivity index is 1.98. The van der Waals surface area contributed by atoms with Crippen molar-refractivity contribution in [3.05, 3.63) is 100 Å². The molecule has 1 heterocycles. The molecule has 0 aliphatic rings. The number of rotatable bonds is 7. The Morgan fingerprint density at radius 3 is 2.42 bits per heavy atom. The first-order chi connectivity index (χ1) is 15.1. The first kappa shape index (κ1) is 21.0. The Morgan fingerprint density at radius 1 is 1.00 bits per heavy atom. The molecule has 0 spiro atoms. The van der Waals surface area contributed by atoms with Crippen LogP contribution in [0.3, 0.4) is 0 Å². The number of hydrogen-bond donors (Lipinski definition) is 2. The topological polar surface area (TPSA) is 88.0 Å². The van der Waals surface area contributed by atoms with Crippen LogP contribution in [0.2, 0.25) is 0 Å². The van der Waals surface area contributed by atoms with Crippen molar-refractivity contribution in [1.82, 2.24) is 4.98 Å². The fourth-order valence-electron chi connectivity index (χ4n) is 3.93. The van der Waals surface area contributed by atoms with Gasteiger partial charge in [-0.1, -0.05) is 89.3 Å². The number of alkyl halides is 1. The van der Waals surface area contributed by atoms with Crippen LogP contribution >= 0.6 is 22.6 Å². The van der Waals surface area contributed by atoms with Gasteiger partial charge in [0.1, 0.15) is 0 Å². The van der Waals surface area contributed by atoms with E-state index in [2.05, 4.69) is 10.3 Å². The average Bonchev–Trinajstić information content (AvgIpc) is 3.17. The molecule has 0 fully saturated rings. The Hall–Kier alpha value is -3.20. The Bertz CT molecular complexity index is 1240. The van der Waals surface area contributed by atoms with Gasteiger partial charge in [0, 0.05) is 21.4 Å². The summed E-state index contributed by atoms with van der Waals surface area (Å²) >= 11 is 2.02. The van der Waals surface area contributed by atoms with Crippen molar-refractivity contribution in [3.8, 4) is 11.3 Å². The van der Waals surface area contributed by atoms with Crippen LogP contribution in [-0.4, -0.2) is 26.8 Å². The van der Waals surface area contributed by atoms with E-state index in [1.54, 1.807) is 0 Å². The van der Waals surface area contributed by atoms with E-state index < -0.39 is 5.92 Å². The molecule has 0 bridgehead atoms. The molecule has 0 aliphatic heterocycles. The maximum absolute atomic E-state index is 12.1. The molecule has 1 aromatic heterocycles. The highest BCUT2D eigenvalue weighted by molar-refractivity contribution is 14.1. The van der Waals surface area contributed by atoms with E-state index in [-0.39, 0.29) is 17.4 Å².